The van der Waals surface area contributed by atoms with Crippen molar-refractivity contribution in [3.05, 3.63) is 145 Å². The molecule has 0 nitrogen and oxygen atoms in total. The Morgan fingerprint density at radius 1 is 0.522 bits per heavy atom. The van der Waals surface area contributed by atoms with Gasteiger partial charge in [-0.2, -0.15) is 12.1 Å². The quantitative estimate of drug-likeness (QED) is 0.135. The molecule has 6 rings (SSSR count). The summed E-state index contributed by atoms with van der Waals surface area (Å²) in [5.41, 5.74) is 11.1. The fraction of sp³-hybridized carbons (Fsp3) is 0.256. The Labute approximate surface area is 310 Å². The van der Waals surface area contributed by atoms with E-state index in [1.807, 2.05) is 0 Å². The second-order valence-electron chi connectivity index (χ2n) is 13.7. The average Bonchev–Trinajstić information content (AvgIpc) is 3.60. The van der Waals surface area contributed by atoms with E-state index in [1.165, 1.54) is 66.1 Å². The van der Waals surface area contributed by atoms with Crippen molar-refractivity contribution in [1.82, 2.24) is 0 Å². The molecule has 0 aliphatic carbocycles. The number of benzene rings is 4. The summed E-state index contributed by atoms with van der Waals surface area (Å²) in [7, 11) is 0. The van der Waals surface area contributed by atoms with E-state index >= 15 is 0 Å². The molecule has 0 heterocycles. The number of hydrogen-bond acceptors (Lipinski definition) is 0. The van der Waals surface area contributed by atoms with Crippen LogP contribution in [0.3, 0.4) is 0 Å². The van der Waals surface area contributed by atoms with Crippen molar-refractivity contribution < 1.29 is 50.7 Å². The van der Waals surface area contributed by atoms with Gasteiger partial charge in [-0.05, 0) is 35.8 Å². The standard InChI is InChI=1S/2C20H21.C3H6.2ClH.Hf/c2*1-14-8-10-15(11-9-14)18-7-5-6-16-12-17(13-19(16)18)20(2,3)4;1-3-2;;;/h2*5-13H,1-4H3;1-3H2;2*1H;/q2*-1;-2;;;/p-2. The molecule has 0 atom stereocenters. The molecule has 0 aliphatic heterocycles. The maximum atomic E-state index is 3.38. The minimum absolute atomic E-state index is 0. The third-order valence-corrected chi connectivity index (χ3v) is 7.96. The van der Waals surface area contributed by atoms with Crippen molar-refractivity contribution in [3.8, 4) is 22.3 Å². The molecule has 0 aromatic heterocycles. The normalized spacial score (nSPS) is 10.8. The number of rotatable bonds is 2. The number of halogens is 2. The van der Waals surface area contributed by atoms with Gasteiger partial charge < -0.3 is 45.1 Å². The van der Waals surface area contributed by atoms with E-state index in [1.54, 1.807) is 0 Å². The molecule has 6 aromatic carbocycles. The van der Waals surface area contributed by atoms with Gasteiger partial charge in [0.15, 0.2) is 0 Å². The van der Waals surface area contributed by atoms with Gasteiger partial charge in [-0.3, -0.25) is 0 Å². The largest absolute Gasteiger partial charge is 1.00 e. The molecule has 0 spiro atoms. The Bertz CT molecular complexity index is 1640. The molecule has 0 radical (unpaired) electrons. The summed E-state index contributed by atoms with van der Waals surface area (Å²) in [6.45, 7) is 24.6. The summed E-state index contributed by atoms with van der Waals surface area (Å²) in [6, 6.07) is 40.1. The van der Waals surface area contributed by atoms with E-state index in [4.69, 9.17) is 0 Å². The molecule has 0 amide bonds. The Balaban J connectivity index is 0.000000400. The van der Waals surface area contributed by atoms with E-state index in [2.05, 4.69) is 178 Å². The Morgan fingerprint density at radius 3 is 1.11 bits per heavy atom. The molecule has 0 fully saturated rings. The zero-order chi connectivity index (χ0) is 31.4. The van der Waals surface area contributed by atoms with E-state index in [0.717, 1.165) is 6.42 Å². The molecule has 0 bridgehead atoms. The summed E-state index contributed by atoms with van der Waals surface area (Å²) >= 11 is 0. The van der Waals surface area contributed by atoms with Crippen molar-refractivity contribution in [1.29, 1.82) is 0 Å². The van der Waals surface area contributed by atoms with Crippen LogP contribution in [0.2, 0.25) is 0 Å². The molecule has 6 aromatic rings. The first kappa shape index (κ1) is 41.6. The fourth-order valence-corrected chi connectivity index (χ4v) is 5.31. The van der Waals surface area contributed by atoms with Gasteiger partial charge in [0.1, 0.15) is 0 Å². The SMILES string of the molecule is Cc1ccc(-c2cccc3[cH-]c(C(C)(C)C)cc23)cc1.Cc1ccc(-c2cccc3[cH-]c(C(C)(C)C)cc23)cc1.[CH2-]C[CH2-].[Cl-].[Cl-].[Hf]. The second-order valence-corrected chi connectivity index (χ2v) is 13.7. The van der Waals surface area contributed by atoms with E-state index in [9.17, 15) is 0 Å². The van der Waals surface area contributed by atoms with Crippen LogP contribution in [0.15, 0.2) is 109 Å². The summed E-state index contributed by atoms with van der Waals surface area (Å²) in [6.07, 6.45) is 0.750. The summed E-state index contributed by atoms with van der Waals surface area (Å²) < 4.78 is 0. The van der Waals surface area contributed by atoms with Crippen LogP contribution in [-0.4, -0.2) is 0 Å². The van der Waals surface area contributed by atoms with Gasteiger partial charge in [0.2, 0.25) is 0 Å². The van der Waals surface area contributed by atoms with Crippen molar-refractivity contribution in [2.75, 3.05) is 0 Å². The summed E-state index contributed by atoms with van der Waals surface area (Å²) in [5.74, 6) is 0. The summed E-state index contributed by atoms with van der Waals surface area (Å²) in [5, 5.41) is 5.41. The molecule has 244 valence electrons. The first-order chi connectivity index (χ1) is 20.3. The second kappa shape index (κ2) is 17.6. The van der Waals surface area contributed by atoms with Gasteiger partial charge in [-0.1, -0.05) is 124 Å². The van der Waals surface area contributed by atoms with Crippen LogP contribution in [0.5, 0.6) is 0 Å². The summed E-state index contributed by atoms with van der Waals surface area (Å²) in [4.78, 5) is 0. The minimum atomic E-state index is 0. The molecule has 46 heavy (non-hydrogen) atoms. The van der Waals surface area contributed by atoms with Crippen LogP contribution in [0.25, 0.3) is 43.8 Å². The Morgan fingerprint density at radius 2 is 0.826 bits per heavy atom. The number of aryl methyl sites for hydroxylation is 2. The van der Waals surface area contributed by atoms with Crippen LogP contribution < -0.4 is 24.8 Å². The van der Waals surface area contributed by atoms with Gasteiger partial charge in [0, 0.05) is 25.8 Å². The van der Waals surface area contributed by atoms with Gasteiger partial charge in [0.05, 0.1) is 0 Å². The Hall–Kier alpha value is -2.45. The van der Waals surface area contributed by atoms with Crippen molar-refractivity contribution in [2.24, 2.45) is 0 Å². The molecule has 3 heteroatoms. The maximum Gasteiger partial charge on any atom is 0 e. The van der Waals surface area contributed by atoms with Crippen molar-refractivity contribution >= 4 is 21.5 Å². The predicted molar refractivity (Wildman–Crippen MR) is 192 cm³/mol. The maximum absolute atomic E-state index is 3.38. The molecular weight excluding hydrogens is 766 g/mol. The van der Waals surface area contributed by atoms with Crippen LogP contribution in [0.1, 0.15) is 70.2 Å². The zero-order valence-electron chi connectivity index (χ0n) is 28.8. The van der Waals surface area contributed by atoms with Crippen LogP contribution >= 0.6 is 0 Å². The smallest absolute Gasteiger partial charge is 0 e. The third-order valence-electron chi connectivity index (χ3n) is 7.96. The first-order valence-electron chi connectivity index (χ1n) is 15.4. The van der Waals surface area contributed by atoms with Crippen LogP contribution in [-0.2, 0) is 36.7 Å². The third kappa shape index (κ3) is 10.3. The zero-order valence-corrected chi connectivity index (χ0v) is 33.9. The van der Waals surface area contributed by atoms with Crippen LogP contribution in [0.4, 0.5) is 0 Å². The Kier molecular flexibility index (Phi) is 15.9. The van der Waals surface area contributed by atoms with Gasteiger partial charge in [0.25, 0.3) is 0 Å². The number of fused-ring (bicyclic) bond motifs is 2. The van der Waals surface area contributed by atoms with E-state index < -0.39 is 0 Å². The monoisotopic (exact) mass is 814 g/mol. The van der Waals surface area contributed by atoms with Crippen LogP contribution in [0, 0.1) is 27.7 Å². The average molecular weight is 814 g/mol. The van der Waals surface area contributed by atoms with Gasteiger partial charge >= 0.3 is 0 Å². The van der Waals surface area contributed by atoms with Gasteiger partial charge in [-0.25, -0.2) is 0 Å². The van der Waals surface area contributed by atoms with E-state index in [0.29, 0.717) is 0 Å². The number of hydrogen-bond donors (Lipinski definition) is 0. The molecule has 0 unspecified atom stereocenters. The molecule has 0 aliphatic rings. The molecule has 0 saturated heterocycles. The fourth-order valence-electron chi connectivity index (χ4n) is 5.31. The molecule has 0 N–H and O–H groups in total. The molecular formula is C43H48Cl2Hf-6. The first-order valence-corrected chi connectivity index (χ1v) is 15.4. The van der Waals surface area contributed by atoms with E-state index in [-0.39, 0.29) is 61.5 Å². The van der Waals surface area contributed by atoms with Crippen molar-refractivity contribution in [2.45, 2.75) is 72.6 Å². The van der Waals surface area contributed by atoms with Crippen molar-refractivity contribution in [3.63, 3.8) is 0 Å². The topological polar surface area (TPSA) is 0 Å². The minimum Gasteiger partial charge on any atom is -1.00 e. The van der Waals surface area contributed by atoms with Gasteiger partial charge in [-0.15, -0.1) is 69.1 Å². The molecule has 0 saturated carbocycles. The predicted octanol–water partition coefficient (Wildman–Crippen LogP) is 6.71.